The van der Waals surface area contributed by atoms with Gasteiger partial charge >= 0.3 is 20.9 Å². The van der Waals surface area contributed by atoms with E-state index in [0.29, 0.717) is 57.6 Å². The Morgan fingerprint density at radius 2 is 1.59 bits per heavy atom. The molecular formula is C26H42FNO8Si. The van der Waals surface area contributed by atoms with Crippen LogP contribution in [-0.2, 0) is 27.5 Å². The zero-order chi connectivity index (χ0) is 27.4. The number of carbonyl (C=O) groups is 2. The normalized spacial score (nSPS) is 11.5. The lowest BCUT2D eigenvalue weighted by atomic mass is 10.2. The van der Waals surface area contributed by atoms with Crippen molar-refractivity contribution < 1.29 is 41.5 Å². The zero-order valence-electron chi connectivity index (χ0n) is 22.5. The second-order valence-corrected chi connectivity index (χ2v) is 10.7. The van der Waals surface area contributed by atoms with Crippen molar-refractivity contribution in [2.75, 3.05) is 46.7 Å². The van der Waals surface area contributed by atoms with E-state index in [2.05, 4.69) is 10.1 Å². The van der Waals surface area contributed by atoms with Crippen LogP contribution in [-0.4, -0.2) is 67.6 Å². The Bertz CT molecular complexity index is 807. The summed E-state index contributed by atoms with van der Waals surface area (Å²) in [5, 5.41) is 2.75. The van der Waals surface area contributed by atoms with Crippen molar-refractivity contribution in [3.8, 4) is 5.75 Å². The van der Waals surface area contributed by atoms with Gasteiger partial charge in [0.1, 0.15) is 0 Å². The smallest absolute Gasteiger partial charge is 0.490 e. The summed E-state index contributed by atoms with van der Waals surface area (Å²) in [6, 6.07) is 5.01. The molecule has 1 rings (SSSR count). The van der Waals surface area contributed by atoms with Gasteiger partial charge in [-0.2, -0.15) is 0 Å². The molecule has 1 N–H and O–H groups in total. The molecular weight excluding hydrogens is 501 g/mol. The molecule has 0 unspecified atom stereocenters. The number of hydrogen-bond donors (Lipinski definition) is 1. The Morgan fingerprint density at radius 3 is 2.22 bits per heavy atom. The van der Waals surface area contributed by atoms with Gasteiger partial charge in [0.25, 0.3) is 0 Å². The summed E-state index contributed by atoms with van der Waals surface area (Å²) in [5.74, 6) is -0.814. The highest BCUT2D eigenvalue weighted by Gasteiger charge is 2.39. The molecule has 0 fully saturated rings. The Morgan fingerprint density at radius 1 is 0.946 bits per heavy atom. The largest absolute Gasteiger partial charge is 0.500 e. The van der Waals surface area contributed by atoms with Crippen molar-refractivity contribution in [1.29, 1.82) is 0 Å². The number of benzene rings is 1. The fourth-order valence-corrected chi connectivity index (χ4v) is 6.03. The highest BCUT2D eigenvalue weighted by molar-refractivity contribution is 6.60. The minimum absolute atomic E-state index is 0.135. The standard InChI is InChI=1S/C26H42FNO8Si/c1-5-34-37(35-6-2,36-7-3)20-12-17-28-26(30)33-19-11-9-8-10-18-32-24-21-22(13-15-23(24)27)14-16-25(29)31-4/h13-16,21H,5-12,17-20H2,1-4H3,(H,28,30)/b16-14+. The molecule has 0 saturated heterocycles. The highest BCUT2D eigenvalue weighted by atomic mass is 28.4. The van der Waals surface area contributed by atoms with E-state index in [0.717, 1.165) is 25.7 Å². The van der Waals surface area contributed by atoms with Crippen LogP contribution in [0.3, 0.4) is 0 Å². The van der Waals surface area contributed by atoms with E-state index in [-0.39, 0.29) is 5.75 Å². The number of ether oxygens (including phenoxy) is 3. The second kappa shape index (κ2) is 19.6. The monoisotopic (exact) mass is 543 g/mol. The van der Waals surface area contributed by atoms with Crippen molar-refractivity contribution in [2.24, 2.45) is 0 Å². The van der Waals surface area contributed by atoms with Crippen LogP contribution in [0, 0.1) is 5.82 Å². The van der Waals surface area contributed by atoms with Gasteiger partial charge in [-0.25, -0.2) is 14.0 Å². The zero-order valence-corrected chi connectivity index (χ0v) is 23.5. The third-order valence-corrected chi connectivity index (χ3v) is 8.27. The predicted molar refractivity (Wildman–Crippen MR) is 141 cm³/mol. The molecule has 0 heterocycles. The number of alkyl carbamates (subject to hydrolysis) is 1. The van der Waals surface area contributed by atoms with Gasteiger partial charge in [0.15, 0.2) is 11.6 Å². The molecule has 210 valence electrons. The first kappa shape index (κ1) is 32.6. The molecule has 1 amide bonds. The molecule has 0 spiro atoms. The van der Waals surface area contributed by atoms with Gasteiger partial charge in [-0.3, -0.25) is 0 Å². The van der Waals surface area contributed by atoms with Crippen molar-refractivity contribution in [1.82, 2.24) is 5.32 Å². The number of methoxy groups -OCH3 is 1. The van der Waals surface area contributed by atoms with Crippen molar-refractivity contribution in [3.05, 3.63) is 35.7 Å². The molecule has 1 aromatic carbocycles. The average Bonchev–Trinajstić information content (AvgIpc) is 2.88. The summed E-state index contributed by atoms with van der Waals surface area (Å²) in [5.41, 5.74) is 0.636. The molecule has 0 aliphatic rings. The van der Waals surface area contributed by atoms with E-state index >= 15 is 0 Å². The number of nitrogens with one attached hydrogen (secondary N) is 1. The number of halogens is 1. The highest BCUT2D eigenvalue weighted by Crippen LogP contribution is 2.20. The van der Waals surface area contributed by atoms with E-state index < -0.39 is 26.7 Å². The Balaban J connectivity index is 2.17. The van der Waals surface area contributed by atoms with Crippen molar-refractivity contribution >= 4 is 26.9 Å². The van der Waals surface area contributed by atoms with Crippen LogP contribution in [0.25, 0.3) is 6.08 Å². The van der Waals surface area contributed by atoms with Gasteiger partial charge in [-0.05, 0) is 76.6 Å². The SMILES string of the molecule is CCO[Si](CCCNC(=O)OCCCCCCOc1cc(/C=C/C(=O)OC)ccc1F)(OCC)OCC. The van der Waals surface area contributed by atoms with Crippen LogP contribution in [0.5, 0.6) is 5.75 Å². The van der Waals surface area contributed by atoms with Crippen LogP contribution in [0.15, 0.2) is 24.3 Å². The van der Waals surface area contributed by atoms with Gasteiger partial charge in [0.2, 0.25) is 0 Å². The predicted octanol–water partition coefficient (Wildman–Crippen LogP) is 5.12. The first-order valence-electron chi connectivity index (χ1n) is 12.9. The third kappa shape index (κ3) is 14.2. The lowest BCUT2D eigenvalue weighted by Crippen LogP contribution is -2.46. The molecule has 0 aromatic heterocycles. The minimum Gasteiger partial charge on any atom is -0.490 e. The summed E-state index contributed by atoms with van der Waals surface area (Å²) in [6.45, 7) is 8.44. The van der Waals surface area contributed by atoms with E-state index in [4.69, 9.17) is 22.8 Å². The second-order valence-electron chi connectivity index (χ2n) is 7.96. The number of unbranched alkanes of at least 4 members (excludes halogenated alkanes) is 3. The van der Waals surface area contributed by atoms with Gasteiger partial charge in [0.05, 0.1) is 20.3 Å². The van der Waals surface area contributed by atoms with E-state index in [9.17, 15) is 14.0 Å². The Labute approximate surface area is 221 Å². The number of rotatable bonds is 20. The summed E-state index contributed by atoms with van der Waals surface area (Å²) < 4.78 is 46.6. The van der Waals surface area contributed by atoms with E-state index in [1.165, 1.54) is 31.4 Å². The molecule has 9 nitrogen and oxygen atoms in total. The third-order valence-electron chi connectivity index (χ3n) is 5.12. The molecule has 11 heteroatoms. The molecule has 0 bridgehead atoms. The fourth-order valence-electron chi connectivity index (χ4n) is 3.42. The maximum absolute atomic E-state index is 13.9. The number of amides is 1. The van der Waals surface area contributed by atoms with Crippen molar-refractivity contribution in [3.63, 3.8) is 0 Å². The first-order valence-corrected chi connectivity index (χ1v) is 14.8. The van der Waals surface area contributed by atoms with Gasteiger partial charge in [0, 0.05) is 38.5 Å². The molecule has 37 heavy (non-hydrogen) atoms. The number of esters is 1. The first-order chi connectivity index (χ1) is 17.9. The molecule has 0 aliphatic heterocycles. The lowest BCUT2D eigenvalue weighted by Gasteiger charge is -2.28. The Hall–Kier alpha value is -2.47. The lowest BCUT2D eigenvalue weighted by molar-refractivity contribution is -0.134. The van der Waals surface area contributed by atoms with E-state index in [1.807, 2.05) is 20.8 Å². The maximum atomic E-state index is 13.9. The van der Waals surface area contributed by atoms with Crippen LogP contribution in [0.2, 0.25) is 6.04 Å². The van der Waals surface area contributed by atoms with Gasteiger partial charge < -0.3 is 32.8 Å². The van der Waals surface area contributed by atoms with Crippen LogP contribution in [0.4, 0.5) is 9.18 Å². The molecule has 0 radical (unpaired) electrons. The molecule has 0 atom stereocenters. The topological polar surface area (TPSA) is 102 Å². The van der Waals surface area contributed by atoms with Gasteiger partial charge in [-0.1, -0.05) is 6.07 Å². The van der Waals surface area contributed by atoms with Crippen LogP contribution in [0.1, 0.15) is 58.4 Å². The maximum Gasteiger partial charge on any atom is 0.500 e. The van der Waals surface area contributed by atoms with Crippen molar-refractivity contribution in [2.45, 2.75) is 58.9 Å². The van der Waals surface area contributed by atoms with Gasteiger partial charge in [-0.15, -0.1) is 0 Å². The number of carbonyl (C=O) groups excluding carboxylic acids is 2. The number of hydrogen-bond acceptors (Lipinski definition) is 8. The minimum atomic E-state index is -2.70. The van der Waals surface area contributed by atoms with Crippen LogP contribution >= 0.6 is 0 Å². The fraction of sp³-hybridized carbons (Fsp3) is 0.615. The quantitative estimate of drug-likeness (QED) is 0.105. The summed E-state index contributed by atoms with van der Waals surface area (Å²) >= 11 is 0. The average molecular weight is 544 g/mol. The summed E-state index contributed by atoms with van der Waals surface area (Å²) in [6.07, 6.45) is 6.19. The molecule has 1 aromatic rings. The summed E-state index contributed by atoms with van der Waals surface area (Å²) in [4.78, 5) is 23.1. The van der Waals surface area contributed by atoms with Crippen LogP contribution < -0.4 is 10.1 Å². The molecule has 0 saturated carbocycles. The Kier molecular flexibility index (Phi) is 17.3. The molecule has 0 aliphatic carbocycles. The van der Waals surface area contributed by atoms with E-state index in [1.54, 1.807) is 6.07 Å². The summed E-state index contributed by atoms with van der Waals surface area (Å²) in [7, 11) is -1.41.